The first-order chi connectivity index (χ1) is 6.64. The van der Waals surface area contributed by atoms with Crippen LogP contribution in [0.2, 0.25) is 0 Å². The summed E-state index contributed by atoms with van der Waals surface area (Å²) < 4.78 is 5.18. The van der Waals surface area contributed by atoms with E-state index in [0.29, 0.717) is 19.6 Å². The lowest BCUT2D eigenvalue weighted by Crippen LogP contribution is -2.56. The topological polar surface area (TPSA) is 55.6 Å². The van der Waals surface area contributed by atoms with Gasteiger partial charge in [-0.25, -0.2) is 0 Å². The number of nitrogens with zero attached hydrogens (tertiary/aromatic N) is 1. The maximum Gasteiger partial charge on any atom is 0.245 e. The average molecular weight is 200 g/mol. The lowest BCUT2D eigenvalue weighted by Gasteiger charge is -2.29. The first-order valence-electron chi connectivity index (χ1n) is 5.30. The molecule has 0 aromatic heterocycles. The van der Waals surface area contributed by atoms with Crippen molar-refractivity contribution in [2.75, 3.05) is 26.3 Å². The van der Waals surface area contributed by atoms with Crippen LogP contribution in [0.25, 0.3) is 0 Å². The Morgan fingerprint density at radius 2 is 2.29 bits per heavy atom. The fourth-order valence-electron chi connectivity index (χ4n) is 1.74. The zero-order valence-electron chi connectivity index (χ0n) is 9.08. The fraction of sp³-hybridized carbons (Fsp3) is 0.900. The van der Waals surface area contributed by atoms with Gasteiger partial charge < -0.3 is 15.4 Å². The summed E-state index contributed by atoms with van der Waals surface area (Å²) >= 11 is 0. The van der Waals surface area contributed by atoms with Crippen LogP contribution in [0.4, 0.5) is 0 Å². The van der Waals surface area contributed by atoms with Crippen molar-refractivity contribution in [1.29, 1.82) is 0 Å². The summed E-state index contributed by atoms with van der Waals surface area (Å²) in [5.74, 6) is 0.0411. The van der Waals surface area contributed by atoms with Gasteiger partial charge in [0, 0.05) is 19.7 Å². The lowest BCUT2D eigenvalue weighted by molar-refractivity contribution is -0.136. The normalized spacial score (nSPS) is 26.5. The Balaban J connectivity index is 2.61. The highest BCUT2D eigenvalue weighted by Crippen LogP contribution is 2.18. The van der Waals surface area contributed by atoms with Crippen molar-refractivity contribution >= 4 is 5.91 Å². The van der Waals surface area contributed by atoms with E-state index in [-0.39, 0.29) is 5.91 Å². The third-order valence-electron chi connectivity index (χ3n) is 2.64. The molecule has 0 bridgehead atoms. The molecule has 0 aromatic rings. The molecule has 4 heteroatoms. The third-order valence-corrected chi connectivity index (χ3v) is 2.64. The molecule has 1 fully saturated rings. The molecule has 0 spiro atoms. The van der Waals surface area contributed by atoms with E-state index in [4.69, 9.17) is 10.5 Å². The van der Waals surface area contributed by atoms with Crippen LogP contribution in [-0.4, -0.2) is 42.6 Å². The van der Waals surface area contributed by atoms with Crippen molar-refractivity contribution in [3.05, 3.63) is 0 Å². The van der Waals surface area contributed by atoms with Gasteiger partial charge in [0.1, 0.15) is 5.54 Å². The van der Waals surface area contributed by atoms with E-state index in [1.54, 1.807) is 0 Å². The molecule has 1 atom stereocenters. The molecule has 0 aliphatic carbocycles. The molecule has 1 aliphatic rings. The molecule has 0 radical (unpaired) electrons. The zero-order valence-corrected chi connectivity index (χ0v) is 9.08. The summed E-state index contributed by atoms with van der Waals surface area (Å²) in [5, 5.41) is 0. The number of nitrogens with two attached hydrogens (primary N) is 1. The number of hydrogen-bond donors (Lipinski definition) is 1. The predicted octanol–water partition coefficient (Wildman–Crippen LogP) is 0.363. The quantitative estimate of drug-likeness (QED) is 0.713. The van der Waals surface area contributed by atoms with Gasteiger partial charge in [-0.15, -0.1) is 0 Å². The first-order valence-corrected chi connectivity index (χ1v) is 5.30. The summed E-state index contributed by atoms with van der Waals surface area (Å²) in [5.41, 5.74) is 5.23. The van der Waals surface area contributed by atoms with Crippen LogP contribution in [0.1, 0.15) is 26.7 Å². The van der Waals surface area contributed by atoms with E-state index in [0.717, 1.165) is 19.5 Å². The molecule has 0 aromatic carbocycles. The Kier molecular flexibility index (Phi) is 3.89. The number of amides is 1. The maximum atomic E-state index is 12.0. The van der Waals surface area contributed by atoms with E-state index in [1.807, 2.05) is 11.8 Å². The minimum Gasteiger partial charge on any atom is -0.379 e. The Hall–Kier alpha value is -0.610. The van der Waals surface area contributed by atoms with Crippen molar-refractivity contribution < 1.29 is 9.53 Å². The second-order valence-electron chi connectivity index (χ2n) is 3.84. The molecule has 1 heterocycles. The molecule has 1 saturated heterocycles. The highest BCUT2D eigenvalue weighted by atomic mass is 16.5. The summed E-state index contributed by atoms with van der Waals surface area (Å²) in [6.07, 6.45) is 1.61. The van der Waals surface area contributed by atoms with Crippen molar-refractivity contribution in [1.82, 2.24) is 4.90 Å². The van der Waals surface area contributed by atoms with Crippen molar-refractivity contribution in [3.63, 3.8) is 0 Å². The van der Waals surface area contributed by atoms with E-state index >= 15 is 0 Å². The van der Waals surface area contributed by atoms with Crippen LogP contribution < -0.4 is 5.73 Å². The molecule has 0 saturated carbocycles. The molecule has 1 aliphatic heterocycles. The lowest BCUT2D eigenvalue weighted by atomic mass is 9.98. The highest BCUT2D eigenvalue weighted by molar-refractivity contribution is 5.86. The van der Waals surface area contributed by atoms with Crippen molar-refractivity contribution in [2.45, 2.75) is 32.2 Å². The Morgan fingerprint density at radius 3 is 2.71 bits per heavy atom. The van der Waals surface area contributed by atoms with Crippen LogP contribution in [0.15, 0.2) is 0 Å². The number of hydrogen-bond acceptors (Lipinski definition) is 3. The number of likely N-dealkylation sites (N-methyl/N-ethyl adjacent to an activating group) is 1. The second-order valence-corrected chi connectivity index (χ2v) is 3.84. The average Bonchev–Trinajstić information content (AvgIpc) is 2.62. The molecule has 1 unspecified atom stereocenters. The molecule has 82 valence electrons. The summed E-state index contributed by atoms with van der Waals surface area (Å²) in [4.78, 5) is 13.8. The summed E-state index contributed by atoms with van der Waals surface area (Å²) in [6.45, 7) is 6.52. The van der Waals surface area contributed by atoms with Gasteiger partial charge in [-0.1, -0.05) is 6.92 Å². The molecule has 4 nitrogen and oxygen atoms in total. The van der Waals surface area contributed by atoms with Crippen LogP contribution >= 0.6 is 0 Å². The first kappa shape index (κ1) is 11.5. The van der Waals surface area contributed by atoms with Crippen molar-refractivity contribution in [3.8, 4) is 0 Å². The Bertz CT molecular complexity index is 200. The van der Waals surface area contributed by atoms with Crippen LogP contribution in [0.3, 0.4) is 0 Å². The molecule has 2 N–H and O–H groups in total. The van der Waals surface area contributed by atoms with Gasteiger partial charge in [-0.3, -0.25) is 4.79 Å². The molecule has 14 heavy (non-hydrogen) atoms. The smallest absolute Gasteiger partial charge is 0.245 e. The van der Waals surface area contributed by atoms with E-state index in [1.165, 1.54) is 0 Å². The van der Waals surface area contributed by atoms with Gasteiger partial charge in [0.15, 0.2) is 0 Å². The molecular formula is C10H20N2O2. The second kappa shape index (κ2) is 4.75. The van der Waals surface area contributed by atoms with Crippen LogP contribution in [0.5, 0.6) is 0 Å². The van der Waals surface area contributed by atoms with Gasteiger partial charge in [0.2, 0.25) is 5.91 Å². The summed E-state index contributed by atoms with van der Waals surface area (Å²) in [6, 6.07) is 0. The largest absolute Gasteiger partial charge is 0.379 e. The standard InChI is InChI=1S/C10H20N2O2/c1-3-6-12(4-2)9(13)10(11)5-7-14-8-10/h3-8,11H2,1-2H3. The summed E-state index contributed by atoms with van der Waals surface area (Å²) in [7, 11) is 0. The van der Waals surface area contributed by atoms with Gasteiger partial charge >= 0.3 is 0 Å². The van der Waals surface area contributed by atoms with Crippen LogP contribution in [-0.2, 0) is 9.53 Å². The predicted molar refractivity (Wildman–Crippen MR) is 54.9 cm³/mol. The number of carbonyl (C=O) groups excluding carboxylic acids is 1. The van der Waals surface area contributed by atoms with Gasteiger partial charge in [-0.2, -0.15) is 0 Å². The Morgan fingerprint density at radius 1 is 1.57 bits per heavy atom. The fourth-order valence-corrected chi connectivity index (χ4v) is 1.74. The van der Waals surface area contributed by atoms with E-state index < -0.39 is 5.54 Å². The number of ether oxygens (including phenoxy) is 1. The molecule has 1 amide bonds. The SMILES string of the molecule is CCCN(CC)C(=O)C1(N)CCOC1. The number of rotatable bonds is 4. The third kappa shape index (κ3) is 2.25. The number of carbonyl (C=O) groups is 1. The van der Waals surface area contributed by atoms with Crippen LogP contribution in [0, 0.1) is 0 Å². The maximum absolute atomic E-state index is 12.0. The zero-order chi connectivity index (χ0) is 10.6. The molecular weight excluding hydrogens is 180 g/mol. The Labute approximate surface area is 85.4 Å². The minimum absolute atomic E-state index is 0.0411. The van der Waals surface area contributed by atoms with E-state index in [2.05, 4.69) is 6.92 Å². The monoisotopic (exact) mass is 200 g/mol. The van der Waals surface area contributed by atoms with Gasteiger partial charge in [0.05, 0.1) is 6.61 Å². The highest BCUT2D eigenvalue weighted by Gasteiger charge is 2.40. The van der Waals surface area contributed by atoms with Gasteiger partial charge in [0.25, 0.3) is 0 Å². The van der Waals surface area contributed by atoms with Crippen molar-refractivity contribution in [2.24, 2.45) is 5.73 Å². The minimum atomic E-state index is -0.759. The van der Waals surface area contributed by atoms with Gasteiger partial charge in [-0.05, 0) is 19.8 Å². The molecule has 1 rings (SSSR count). The van der Waals surface area contributed by atoms with E-state index in [9.17, 15) is 4.79 Å².